The van der Waals surface area contributed by atoms with Crippen molar-refractivity contribution in [3.05, 3.63) is 72.1 Å². The fourth-order valence-electron chi connectivity index (χ4n) is 4.28. The lowest BCUT2D eigenvalue weighted by atomic mass is 10.0. The second-order valence-electron chi connectivity index (χ2n) is 7.92. The summed E-state index contributed by atoms with van der Waals surface area (Å²) in [5.41, 5.74) is 3.49. The van der Waals surface area contributed by atoms with Crippen LogP contribution in [0.1, 0.15) is 36.6 Å². The van der Waals surface area contributed by atoms with Gasteiger partial charge in [-0.3, -0.25) is 4.79 Å². The SMILES string of the molecule is COc1ccc(CCC(=O)N2CCC(n3c(C)cnc3-c3ccccc3)CC2)cc1. The third-order valence-electron chi connectivity index (χ3n) is 5.98. The van der Waals surface area contributed by atoms with E-state index in [4.69, 9.17) is 4.74 Å². The Morgan fingerprint density at radius 3 is 2.43 bits per heavy atom. The maximum atomic E-state index is 12.7. The number of carbonyl (C=O) groups is 1. The molecule has 0 atom stereocenters. The Labute approximate surface area is 178 Å². The molecule has 4 rings (SSSR count). The molecule has 0 radical (unpaired) electrons. The molecule has 156 valence electrons. The molecular weight excluding hydrogens is 374 g/mol. The van der Waals surface area contributed by atoms with E-state index in [2.05, 4.69) is 28.6 Å². The van der Waals surface area contributed by atoms with Crippen LogP contribution in [0.5, 0.6) is 5.75 Å². The number of nitrogens with zero attached hydrogens (tertiary/aromatic N) is 3. The fraction of sp³-hybridized carbons (Fsp3) is 0.360. The van der Waals surface area contributed by atoms with Crippen molar-refractivity contribution in [2.45, 2.75) is 38.6 Å². The number of rotatable bonds is 6. The highest BCUT2D eigenvalue weighted by Gasteiger charge is 2.26. The van der Waals surface area contributed by atoms with Crippen LogP contribution in [0.4, 0.5) is 0 Å². The van der Waals surface area contributed by atoms with Gasteiger partial charge in [-0.05, 0) is 43.9 Å². The third kappa shape index (κ3) is 4.40. The molecule has 3 aromatic rings. The smallest absolute Gasteiger partial charge is 0.222 e. The molecule has 0 saturated carbocycles. The number of carbonyl (C=O) groups excluding carboxylic acids is 1. The number of benzene rings is 2. The summed E-state index contributed by atoms with van der Waals surface area (Å²) in [6, 6.07) is 18.7. The lowest BCUT2D eigenvalue weighted by Gasteiger charge is -2.34. The molecule has 0 spiro atoms. The summed E-state index contributed by atoms with van der Waals surface area (Å²) < 4.78 is 7.55. The van der Waals surface area contributed by atoms with Crippen molar-refractivity contribution in [3.63, 3.8) is 0 Å². The van der Waals surface area contributed by atoms with Crippen molar-refractivity contribution < 1.29 is 9.53 Å². The van der Waals surface area contributed by atoms with E-state index in [1.165, 1.54) is 11.3 Å². The van der Waals surface area contributed by atoms with Crippen molar-refractivity contribution in [3.8, 4) is 17.1 Å². The normalized spacial score (nSPS) is 14.7. The van der Waals surface area contributed by atoms with Gasteiger partial charge in [0.05, 0.1) is 7.11 Å². The summed E-state index contributed by atoms with van der Waals surface area (Å²) in [4.78, 5) is 19.4. The molecule has 30 heavy (non-hydrogen) atoms. The minimum Gasteiger partial charge on any atom is -0.497 e. The van der Waals surface area contributed by atoms with E-state index in [9.17, 15) is 4.79 Å². The summed E-state index contributed by atoms with van der Waals surface area (Å²) in [6.45, 7) is 3.72. The molecule has 0 bridgehead atoms. The van der Waals surface area contributed by atoms with Crippen LogP contribution in [0.3, 0.4) is 0 Å². The van der Waals surface area contributed by atoms with E-state index >= 15 is 0 Å². The van der Waals surface area contributed by atoms with Gasteiger partial charge >= 0.3 is 0 Å². The Kier molecular flexibility index (Phi) is 6.17. The van der Waals surface area contributed by atoms with Gasteiger partial charge in [-0.25, -0.2) is 4.98 Å². The number of methoxy groups -OCH3 is 1. The van der Waals surface area contributed by atoms with Crippen molar-refractivity contribution in [2.75, 3.05) is 20.2 Å². The largest absolute Gasteiger partial charge is 0.497 e. The second kappa shape index (κ2) is 9.16. The lowest BCUT2D eigenvalue weighted by molar-refractivity contribution is -0.132. The van der Waals surface area contributed by atoms with Crippen LogP contribution in [-0.4, -0.2) is 40.6 Å². The molecular formula is C25H29N3O2. The number of imidazole rings is 1. The Morgan fingerprint density at radius 2 is 1.77 bits per heavy atom. The van der Waals surface area contributed by atoms with Crippen LogP contribution >= 0.6 is 0 Å². The zero-order valence-electron chi connectivity index (χ0n) is 17.8. The highest BCUT2D eigenvalue weighted by Crippen LogP contribution is 2.30. The van der Waals surface area contributed by atoms with Crippen molar-refractivity contribution in [1.82, 2.24) is 14.5 Å². The minimum absolute atomic E-state index is 0.245. The van der Waals surface area contributed by atoms with Crippen LogP contribution < -0.4 is 4.74 Å². The maximum absolute atomic E-state index is 12.7. The van der Waals surface area contributed by atoms with Gasteiger partial charge in [0.25, 0.3) is 0 Å². The van der Waals surface area contributed by atoms with Gasteiger partial charge in [0.2, 0.25) is 5.91 Å². The number of likely N-dealkylation sites (tertiary alicyclic amines) is 1. The zero-order chi connectivity index (χ0) is 20.9. The van der Waals surface area contributed by atoms with E-state index in [-0.39, 0.29) is 5.91 Å². The van der Waals surface area contributed by atoms with Crippen LogP contribution in [-0.2, 0) is 11.2 Å². The van der Waals surface area contributed by atoms with E-state index in [1.54, 1.807) is 7.11 Å². The van der Waals surface area contributed by atoms with Crippen molar-refractivity contribution in [1.29, 1.82) is 0 Å². The topological polar surface area (TPSA) is 47.4 Å². The predicted octanol–water partition coefficient (Wildman–Crippen LogP) is 4.66. The molecule has 1 saturated heterocycles. The Bertz CT molecular complexity index is 971. The molecule has 0 unspecified atom stereocenters. The number of ether oxygens (including phenoxy) is 1. The maximum Gasteiger partial charge on any atom is 0.222 e. The molecule has 2 aromatic carbocycles. The molecule has 1 aliphatic rings. The van der Waals surface area contributed by atoms with Gasteiger partial charge in [-0.2, -0.15) is 0 Å². The average Bonchev–Trinajstić information content (AvgIpc) is 3.20. The van der Waals surface area contributed by atoms with Gasteiger partial charge in [-0.1, -0.05) is 42.5 Å². The minimum atomic E-state index is 0.245. The summed E-state index contributed by atoms with van der Waals surface area (Å²) in [5.74, 6) is 2.11. The predicted molar refractivity (Wildman–Crippen MR) is 119 cm³/mol. The van der Waals surface area contributed by atoms with E-state index in [0.717, 1.165) is 49.5 Å². The molecule has 1 fully saturated rings. The number of amides is 1. The first kappa shape index (κ1) is 20.2. The van der Waals surface area contributed by atoms with Gasteiger partial charge in [0.15, 0.2) is 0 Å². The van der Waals surface area contributed by atoms with Gasteiger partial charge in [0.1, 0.15) is 11.6 Å². The van der Waals surface area contributed by atoms with Crippen LogP contribution in [0.15, 0.2) is 60.8 Å². The quantitative estimate of drug-likeness (QED) is 0.601. The number of hydrogen-bond donors (Lipinski definition) is 0. The van der Waals surface area contributed by atoms with E-state index in [1.807, 2.05) is 53.6 Å². The van der Waals surface area contributed by atoms with E-state index < -0.39 is 0 Å². The number of aryl methyl sites for hydroxylation is 2. The monoisotopic (exact) mass is 403 g/mol. The Balaban J connectivity index is 1.35. The molecule has 1 aliphatic heterocycles. The summed E-state index contributed by atoms with van der Waals surface area (Å²) in [5, 5.41) is 0. The molecule has 0 aliphatic carbocycles. The van der Waals surface area contributed by atoms with Gasteiger partial charge in [-0.15, -0.1) is 0 Å². The van der Waals surface area contributed by atoms with Crippen molar-refractivity contribution in [2.24, 2.45) is 0 Å². The van der Waals surface area contributed by atoms with Gasteiger partial charge < -0.3 is 14.2 Å². The highest BCUT2D eigenvalue weighted by atomic mass is 16.5. The van der Waals surface area contributed by atoms with E-state index in [0.29, 0.717) is 12.5 Å². The average molecular weight is 404 g/mol. The summed E-state index contributed by atoms with van der Waals surface area (Å²) in [6.07, 6.45) is 5.20. The van der Waals surface area contributed by atoms with Crippen LogP contribution in [0.25, 0.3) is 11.4 Å². The Hall–Kier alpha value is -3.08. The van der Waals surface area contributed by atoms with Crippen molar-refractivity contribution >= 4 is 5.91 Å². The molecule has 5 nitrogen and oxygen atoms in total. The first-order valence-corrected chi connectivity index (χ1v) is 10.7. The second-order valence-corrected chi connectivity index (χ2v) is 7.92. The molecule has 2 heterocycles. The number of hydrogen-bond acceptors (Lipinski definition) is 3. The Morgan fingerprint density at radius 1 is 1.07 bits per heavy atom. The first-order valence-electron chi connectivity index (χ1n) is 10.7. The molecule has 1 aromatic heterocycles. The summed E-state index contributed by atoms with van der Waals surface area (Å²) in [7, 11) is 1.66. The molecule has 5 heteroatoms. The molecule has 1 amide bonds. The first-order chi connectivity index (χ1) is 14.7. The molecule has 0 N–H and O–H groups in total. The fourth-order valence-corrected chi connectivity index (χ4v) is 4.28. The standard InChI is InChI=1S/C25H29N3O2/c1-19-18-26-25(21-6-4-3-5-7-21)28(19)22-14-16-27(17-15-22)24(29)13-10-20-8-11-23(30-2)12-9-20/h3-9,11-12,18,22H,10,13-17H2,1-2H3. The highest BCUT2D eigenvalue weighted by molar-refractivity contribution is 5.76. The lowest BCUT2D eigenvalue weighted by Crippen LogP contribution is -2.39. The van der Waals surface area contributed by atoms with Crippen LogP contribution in [0, 0.1) is 6.92 Å². The summed E-state index contributed by atoms with van der Waals surface area (Å²) >= 11 is 0. The van der Waals surface area contributed by atoms with Gasteiger partial charge in [0, 0.05) is 43.0 Å². The van der Waals surface area contributed by atoms with Crippen LogP contribution in [0.2, 0.25) is 0 Å². The third-order valence-corrected chi connectivity index (χ3v) is 5.98. The zero-order valence-corrected chi connectivity index (χ0v) is 17.8. The number of piperidine rings is 1. The number of aromatic nitrogens is 2.